The van der Waals surface area contributed by atoms with Gasteiger partial charge in [-0.1, -0.05) is 11.6 Å². The second kappa shape index (κ2) is 6.78. The monoisotopic (exact) mass is 281 g/mol. The average Bonchev–Trinajstić information content (AvgIpc) is 2.46. The molecule has 0 radical (unpaired) electrons. The fourth-order valence-electron chi connectivity index (χ4n) is 2.29. The fourth-order valence-corrected chi connectivity index (χ4v) is 2.47. The van der Waals surface area contributed by atoms with Gasteiger partial charge in [0.1, 0.15) is 0 Å². The molecule has 19 heavy (non-hydrogen) atoms. The molecule has 1 saturated heterocycles. The molecule has 0 spiro atoms. The Kier molecular flexibility index (Phi) is 5.05. The van der Waals surface area contributed by atoms with Crippen molar-refractivity contribution >= 4 is 23.2 Å². The first-order valence-corrected chi connectivity index (χ1v) is 7.04. The van der Waals surface area contributed by atoms with E-state index in [4.69, 9.17) is 11.6 Å². The molecule has 0 aromatic heterocycles. The number of carbonyl (C=O) groups is 1. The predicted molar refractivity (Wildman–Crippen MR) is 78.9 cm³/mol. The summed E-state index contributed by atoms with van der Waals surface area (Å²) in [7, 11) is 1.62. The van der Waals surface area contributed by atoms with Crippen molar-refractivity contribution in [2.24, 2.45) is 5.92 Å². The van der Waals surface area contributed by atoms with Crippen LogP contribution >= 0.6 is 11.6 Å². The van der Waals surface area contributed by atoms with E-state index in [0.717, 1.165) is 25.3 Å². The summed E-state index contributed by atoms with van der Waals surface area (Å²) < 4.78 is 0. The predicted octanol–water partition coefficient (Wildman–Crippen LogP) is 2.11. The first-order valence-electron chi connectivity index (χ1n) is 6.67. The van der Waals surface area contributed by atoms with Crippen molar-refractivity contribution in [2.75, 3.05) is 32.0 Å². The Morgan fingerprint density at radius 3 is 2.84 bits per heavy atom. The summed E-state index contributed by atoms with van der Waals surface area (Å²) in [5.41, 5.74) is 1.46. The van der Waals surface area contributed by atoms with Gasteiger partial charge in [-0.05, 0) is 50.0 Å². The summed E-state index contributed by atoms with van der Waals surface area (Å²) >= 11 is 6.16. The highest BCUT2D eigenvalue weighted by molar-refractivity contribution is 6.33. The zero-order valence-corrected chi connectivity index (χ0v) is 11.9. The molecule has 0 aliphatic carbocycles. The van der Waals surface area contributed by atoms with Gasteiger partial charge in [-0.15, -0.1) is 0 Å². The number of hydrogen-bond acceptors (Lipinski definition) is 3. The minimum Gasteiger partial charge on any atom is -0.384 e. The quantitative estimate of drug-likeness (QED) is 0.792. The third kappa shape index (κ3) is 3.85. The molecular weight excluding hydrogens is 262 g/mol. The normalized spacial score (nSPS) is 16.1. The molecule has 2 rings (SSSR count). The standard InChI is InChI=1S/C14H20ClN3O/c1-16-14(19)11-2-3-12(15)13(8-11)18-9-10-4-6-17-7-5-10/h2-3,8,10,17-18H,4-7,9H2,1H3,(H,16,19). The number of amides is 1. The zero-order chi connectivity index (χ0) is 13.7. The molecule has 4 nitrogen and oxygen atoms in total. The minimum absolute atomic E-state index is 0.0958. The van der Waals surface area contributed by atoms with Gasteiger partial charge in [-0.2, -0.15) is 0 Å². The first-order chi connectivity index (χ1) is 9.20. The van der Waals surface area contributed by atoms with E-state index < -0.39 is 0 Å². The molecule has 1 fully saturated rings. The van der Waals surface area contributed by atoms with Crippen LogP contribution in [0.15, 0.2) is 18.2 Å². The van der Waals surface area contributed by atoms with Gasteiger partial charge in [-0.3, -0.25) is 4.79 Å². The Bertz CT molecular complexity index is 444. The molecule has 1 aromatic rings. The van der Waals surface area contributed by atoms with E-state index in [9.17, 15) is 4.79 Å². The maximum atomic E-state index is 11.6. The number of halogens is 1. The third-order valence-corrected chi connectivity index (χ3v) is 3.83. The molecule has 1 heterocycles. The molecule has 0 atom stereocenters. The second-order valence-electron chi connectivity index (χ2n) is 4.85. The van der Waals surface area contributed by atoms with Crippen LogP contribution in [-0.4, -0.2) is 32.6 Å². The summed E-state index contributed by atoms with van der Waals surface area (Å²) in [4.78, 5) is 11.6. The average molecular weight is 282 g/mol. The van der Waals surface area contributed by atoms with Crippen molar-refractivity contribution in [1.29, 1.82) is 0 Å². The lowest BCUT2D eigenvalue weighted by molar-refractivity contribution is 0.0963. The molecular formula is C14H20ClN3O. The number of anilines is 1. The van der Waals surface area contributed by atoms with E-state index in [-0.39, 0.29) is 5.91 Å². The molecule has 3 N–H and O–H groups in total. The number of benzene rings is 1. The van der Waals surface area contributed by atoms with Crippen molar-refractivity contribution in [2.45, 2.75) is 12.8 Å². The van der Waals surface area contributed by atoms with Crippen LogP contribution < -0.4 is 16.0 Å². The number of carbonyl (C=O) groups excluding carboxylic acids is 1. The Labute approximate surface area is 118 Å². The van der Waals surface area contributed by atoms with Crippen LogP contribution in [0.5, 0.6) is 0 Å². The molecule has 1 aliphatic rings. The fraction of sp³-hybridized carbons (Fsp3) is 0.500. The molecule has 5 heteroatoms. The SMILES string of the molecule is CNC(=O)c1ccc(Cl)c(NCC2CCNCC2)c1. The van der Waals surface area contributed by atoms with Gasteiger partial charge in [0, 0.05) is 19.2 Å². The molecule has 0 saturated carbocycles. The van der Waals surface area contributed by atoms with E-state index in [1.165, 1.54) is 12.8 Å². The Hall–Kier alpha value is -1.26. The van der Waals surface area contributed by atoms with Crippen LogP contribution in [0, 0.1) is 5.92 Å². The second-order valence-corrected chi connectivity index (χ2v) is 5.26. The van der Waals surface area contributed by atoms with Gasteiger partial charge in [0.05, 0.1) is 10.7 Å². The lowest BCUT2D eigenvalue weighted by Gasteiger charge is -2.23. The number of hydrogen-bond donors (Lipinski definition) is 3. The van der Waals surface area contributed by atoms with Crippen molar-refractivity contribution in [1.82, 2.24) is 10.6 Å². The van der Waals surface area contributed by atoms with Gasteiger partial charge in [0.15, 0.2) is 0 Å². The van der Waals surface area contributed by atoms with Gasteiger partial charge >= 0.3 is 0 Å². The maximum absolute atomic E-state index is 11.6. The summed E-state index contributed by atoms with van der Waals surface area (Å²) in [5.74, 6) is 0.572. The van der Waals surface area contributed by atoms with Crippen LogP contribution in [0.25, 0.3) is 0 Å². The first kappa shape index (κ1) is 14.2. The zero-order valence-electron chi connectivity index (χ0n) is 11.1. The summed E-state index contributed by atoms with van der Waals surface area (Å²) in [5, 5.41) is 9.98. The van der Waals surface area contributed by atoms with Crippen LogP contribution in [0.3, 0.4) is 0 Å². The highest BCUT2D eigenvalue weighted by atomic mass is 35.5. The summed E-state index contributed by atoms with van der Waals surface area (Å²) in [6, 6.07) is 5.30. The van der Waals surface area contributed by atoms with E-state index in [2.05, 4.69) is 16.0 Å². The molecule has 104 valence electrons. The molecule has 1 amide bonds. The topological polar surface area (TPSA) is 53.2 Å². The lowest BCUT2D eigenvalue weighted by Crippen LogP contribution is -2.31. The van der Waals surface area contributed by atoms with Crippen molar-refractivity contribution in [3.05, 3.63) is 28.8 Å². The summed E-state index contributed by atoms with van der Waals surface area (Å²) in [6.45, 7) is 3.06. The van der Waals surface area contributed by atoms with Gasteiger partial charge in [0.25, 0.3) is 5.91 Å². The Morgan fingerprint density at radius 2 is 2.16 bits per heavy atom. The van der Waals surface area contributed by atoms with Crippen LogP contribution in [0.2, 0.25) is 5.02 Å². The van der Waals surface area contributed by atoms with E-state index >= 15 is 0 Å². The largest absolute Gasteiger partial charge is 0.384 e. The Morgan fingerprint density at radius 1 is 1.42 bits per heavy atom. The highest BCUT2D eigenvalue weighted by Crippen LogP contribution is 2.24. The maximum Gasteiger partial charge on any atom is 0.251 e. The third-order valence-electron chi connectivity index (χ3n) is 3.50. The molecule has 1 aliphatic heterocycles. The minimum atomic E-state index is -0.0958. The van der Waals surface area contributed by atoms with Crippen LogP contribution in [-0.2, 0) is 0 Å². The number of piperidine rings is 1. The van der Waals surface area contributed by atoms with Crippen molar-refractivity contribution < 1.29 is 4.79 Å². The van der Waals surface area contributed by atoms with E-state index in [1.807, 2.05) is 6.07 Å². The van der Waals surface area contributed by atoms with Gasteiger partial charge < -0.3 is 16.0 Å². The number of rotatable bonds is 4. The van der Waals surface area contributed by atoms with Crippen molar-refractivity contribution in [3.8, 4) is 0 Å². The summed E-state index contributed by atoms with van der Waals surface area (Å²) in [6.07, 6.45) is 2.36. The van der Waals surface area contributed by atoms with Crippen molar-refractivity contribution in [3.63, 3.8) is 0 Å². The van der Waals surface area contributed by atoms with Gasteiger partial charge in [0.2, 0.25) is 0 Å². The smallest absolute Gasteiger partial charge is 0.251 e. The molecule has 1 aromatic carbocycles. The van der Waals surface area contributed by atoms with Gasteiger partial charge in [-0.25, -0.2) is 0 Å². The number of nitrogens with one attached hydrogen (secondary N) is 3. The van der Waals surface area contributed by atoms with E-state index in [1.54, 1.807) is 19.2 Å². The molecule has 0 bridgehead atoms. The molecule has 0 unspecified atom stereocenters. The van der Waals surface area contributed by atoms with E-state index in [0.29, 0.717) is 16.5 Å². The highest BCUT2D eigenvalue weighted by Gasteiger charge is 2.13. The van der Waals surface area contributed by atoms with Crippen LogP contribution in [0.4, 0.5) is 5.69 Å². The van der Waals surface area contributed by atoms with Crippen LogP contribution in [0.1, 0.15) is 23.2 Å². The lowest BCUT2D eigenvalue weighted by atomic mass is 9.98. The Balaban J connectivity index is 2.00.